The molecule has 0 saturated carbocycles. The number of nitrogens with two attached hydrogens (primary N) is 1. The lowest BCUT2D eigenvalue weighted by atomic mass is 10.2. The van der Waals surface area contributed by atoms with Crippen LogP contribution in [0.4, 0.5) is 11.5 Å². The van der Waals surface area contributed by atoms with E-state index in [1.54, 1.807) is 12.4 Å². The summed E-state index contributed by atoms with van der Waals surface area (Å²) in [6.45, 7) is 4.55. The minimum absolute atomic E-state index is 0.0819. The van der Waals surface area contributed by atoms with E-state index in [0.717, 1.165) is 11.3 Å². The topological polar surface area (TPSA) is 73.1 Å². The molecule has 0 amide bonds. The number of anilines is 2. The Kier molecular flexibility index (Phi) is 4.18. The zero-order chi connectivity index (χ0) is 13.7. The van der Waals surface area contributed by atoms with Crippen LogP contribution in [0.5, 0.6) is 5.88 Å². The summed E-state index contributed by atoms with van der Waals surface area (Å²) in [5.74, 6) is 1.20. The Hall–Kier alpha value is -2.30. The smallest absolute Gasteiger partial charge is 0.234 e. The van der Waals surface area contributed by atoms with Crippen molar-refractivity contribution in [3.05, 3.63) is 42.2 Å². The highest BCUT2D eigenvalue weighted by Gasteiger charge is 2.02. The number of rotatable bonds is 5. The predicted octanol–water partition coefficient (Wildman–Crippen LogP) is 2.46. The average molecular weight is 258 g/mol. The first kappa shape index (κ1) is 13.1. The van der Waals surface area contributed by atoms with Crippen molar-refractivity contribution in [3.8, 4) is 5.88 Å². The first-order chi connectivity index (χ1) is 9.13. The molecular weight excluding hydrogens is 240 g/mol. The van der Waals surface area contributed by atoms with Crippen LogP contribution in [-0.2, 0) is 6.54 Å². The summed E-state index contributed by atoms with van der Waals surface area (Å²) in [7, 11) is 0. The first-order valence-electron chi connectivity index (χ1n) is 6.20. The zero-order valence-corrected chi connectivity index (χ0v) is 11.1. The highest BCUT2D eigenvalue weighted by atomic mass is 16.5. The molecule has 1 aromatic heterocycles. The fraction of sp³-hybridized carbons (Fsp3) is 0.286. The maximum atomic E-state index is 5.73. The molecule has 100 valence electrons. The van der Waals surface area contributed by atoms with Crippen LogP contribution in [0.15, 0.2) is 36.7 Å². The largest absolute Gasteiger partial charge is 0.474 e. The second-order valence-corrected chi connectivity index (χ2v) is 4.51. The minimum atomic E-state index is 0.0819. The predicted molar refractivity (Wildman–Crippen MR) is 76.0 cm³/mol. The van der Waals surface area contributed by atoms with Gasteiger partial charge in [-0.05, 0) is 31.5 Å². The van der Waals surface area contributed by atoms with Crippen LogP contribution in [0.1, 0.15) is 19.4 Å². The summed E-state index contributed by atoms with van der Waals surface area (Å²) < 4.78 is 5.49. The van der Waals surface area contributed by atoms with Crippen molar-refractivity contribution in [1.29, 1.82) is 0 Å². The Morgan fingerprint density at radius 3 is 2.89 bits per heavy atom. The van der Waals surface area contributed by atoms with Crippen LogP contribution in [0.25, 0.3) is 0 Å². The van der Waals surface area contributed by atoms with E-state index in [1.807, 2.05) is 38.1 Å². The van der Waals surface area contributed by atoms with Crippen molar-refractivity contribution in [2.24, 2.45) is 0 Å². The third-order valence-corrected chi connectivity index (χ3v) is 2.39. The monoisotopic (exact) mass is 258 g/mol. The molecule has 0 unspecified atom stereocenters. The highest BCUT2D eigenvalue weighted by molar-refractivity contribution is 5.42. The molecule has 0 aliphatic heterocycles. The fourth-order valence-corrected chi connectivity index (χ4v) is 1.63. The number of ether oxygens (including phenoxy) is 1. The Morgan fingerprint density at radius 1 is 1.32 bits per heavy atom. The highest BCUT2D eigenvalue weighted by Crippen LogP contribution is 2.13. The quantitative estimate of drug-likeness (QED) is 0.806. The Bertz CT molecular complexity index is 542. The normalized spacial score (nSPS) is 10.5. The van der Waals surface area contributed by atoms with Crippen LogP contribution in [0.3, 0.4) is 0 Å². The van der Waals surface area contributed by atoms with E-state index in [4.69, 9.17) is 10.5 Å². The number of benzene rings is 1. The maximum Gasteiger partial charge on any atom is 0.234 e. The van der Waals surface area contributed by atoms with Gasteiger partial charge in [0.2, 0.25) is 5.88 Å². The zero-order valence-electron chi connectivity index (χ0n) is 11.1. The Morgan fingerprint density at radius 2 is 2.16 bits per heavy atom. The molecule has 0 saturated heterocycles. The van der Waals surface area contributed by atoms with Gasteiger partial charge in [-0.3, -0.25) is 4.98 Å². The lowest BCUT2D eigenvalue weighted by Gasteiger charge is -2.10. The number of nitrogen functional groups attached to an aromatic ring is 1. The van der Waals surface area contributed by atoms with Gasteiger partial charge in [-0.2, -0.15) is 4.98 Å². The standard InChI is InChI=1S/C14H18N4O/c1-10(2)19-14-9-16-8-13(18-14)17-7-11-4-3-5-12(15)6-11/h3-6,8-10H,7,15H2,1-2H3,(H,17,18). The molecule has 0 fully saturated rings. The van der Waals surface area contributed by atoms with Gasteiger partial charge in [0, 0.05) is 12.2 Å². The maximum absolute atomic E-state index is 5.73. The molecule has 1 aromatic carbocycles. The molecule has 0 aliphatic rings. The van der Waals surface area contributed by atoms with Crippen molar-refractivity contribution in [3.63, 3.8) is 0 Å². The lowest BCUT2D eigenvalue weighted by molar-refractivity contribution is 0.232. The molecule has 0 bridgehead atoms. The summed E-state index contributed by atoms with van der Waals surface area (Å²) in [5.41, 5.74) is 7.58. The molecule has 2 aromatic rings. The third kappa shape index (κ3) is 4.13. The molecule has 0 radical (unpaired) electrons. The van der Waals surface area contributed by atoms with Gasteiger partial charge in [-0.1, -0.05) is 12.1 Å². The number of hydrogen-bond donors (Lipinski definition) is 2. The molecule has 0 spiro atoms. The summed E-state index contributed by atoms with van der Waals surface area (Å²) in [4.78, 5) is 8.42. The van der Waals surface area contributed by atoms with Crippen LogP contribution in [-0.4, -0.2) is 16.1 Å². The number of hydrogen-bond acceptors (Lipinski definition) is 5. The van der Waals surface area contributed by atoms with E-state index >= 15 is 0 Å². The molecule has 2 rings (SSSR count). The number of nitrogens with zero attached hydrogens (tertiary/aromatic N) is 2. The minimum Gasteiger partial charge on any atom is -0.474 e. The SMILES string of the molecule is CC(C)Oc1cncc(NCc2cccc(N)c2)n1. The van der Waals surface area contributed by atoms with Gasteiger partial charge in [0.15, 0.2) is 0 Å². The van der Waals surface area contributed by atoms with E-state index in [9.17, 15) is 0 Å². The van der Waals surface area contributed by atoms with Gasteiger partial charge in [-0.25, -0.2) is 0 Å². The van der Waals surface area contributed by atoms with Gasteiger partial charge < -0.3 is 15.8 Å². The second kappa shape index (κ2) is 6.04. The molecular formula is C14H18N4O. The van der Waals surface area contributed by atoms with Crippen molar-refractivity contribution < 1.29 is 4.74 Å². The van der Waals surface area contributed by atoms with E-state index in [-0.39, 0.29) is 6.10 Å². The molecule has 0 aliphatic carbocycles. The second-order valence-electron chi connectivity index (χ2n) is 4.51. The van der Waals surface area contributed by atoms with Crippen LogP contribution >= 0.6 is 0 Å². The van der Waals surface area contributed by atoms with Crippen LogP contribution in [0.2, 0.25) is 0 Å². The molecule has 0 atom stereocenters. The van der Waals surface area contributed by atoms with Gasteiger partial charge in [0.1, 0.15) is 5.82 Å². The Balaban J connectivity index is 1.99. The lowest BCUT2D eigenvalue weighted by Crippen LogP contribution is -2.09. The summed E-state index contributed by atoms with van der Waals surface area (Å²) >= 11 is 0. The van der Waals surface area contributed by atoms with Gasteiger partial charge in [-0.15, -0.1) is 0 Å². The van der Waals surface area contributed by atoms with Gasteiger partial charge in [0.25, 0.3) is 0 Å². The van der Waals surface area contributed by atoms with Crippen molar-refractivity contribution in [1.82, 2.24) is 9.97 Å². The van der Waals surface area contributed by atoms with Crippen molar-refractivity contribution >= 4 is 11.5 Å². The van der Waals surface area contributed by atoms with Crippen LogP contribution < -0.4 is 15.8 Å². The van der Waals surface area contributed by atoms with Crippen LogP contribution in [0, 0.1) is 0 Å². The average Bonchev–Trinajstić information content (AvgIpc) is 2.36. The van der Waals surface area contributed by atoms with Crippen molar-refractivity contribution in [2.75, 3.05) is 11.1 Å². The Labute approximate surface area is 112 Å². The molecule has 19 heavy (non-hydrogen) atoms. The number of nitrogens with one attached hydrogen (secondary N) is 1. The van der Waals surface area contributed by atoms with E-state index in [1.165, 1.54) is 0 Å². The van der Waals surface area contributed by atoms with E-state index in [0.29, 0.717) is 18.2 Å². The molecule has 1 heterocycles. The van der Waals surface area contributed by atoms with E-state index < -0.39 is 0 Å². The summed E-state index contributed by atoms with van der Waals surface area (Å²) in [6.07, 6.45) is 3.35. The fourth-order valence-electron chi connectivity index (χ4n) is 1.63. The van der Waals surface area contributed by atoms with Crippen molar-refractivity contribution in [2.45, 2.75) is 26.5 Å². The molecule has 5 heteroatoms. The van der Waals surface area contributed by atoms with E-state index in [2.05, 4.69) is 15.3 Å². The molecule has 3 N–H and O–H groups in total. The van der Waals surface area contributed by atoms with Gasteiger partial charge in [0.05, 0.1) is 18.5 Å². The van der Waals surface area contributed by atoms with Gasteiger partial charge >= 0.3 is 0 Å². The molecule has 5 nitrogen and oxygen atoms in total. The summed E-state index contributed by atoms with van der Waals surface area (Å²) in [6, 6.07) is 7.72. The first-order valence-corrected chi connectivity index (χ1v) is 6.20. The third-order valence-electron chi connectivity index (χ3n) is 2.39. The number of aromatic nitrogens is 2. The summed E-state index contributed by atoms with van der Waals surface area (Å²) in [5, 5.41) is 3.19.